The van der Waals surface area contributed by atoms with Crippen molar-refractivity contribution in [3.63, 3.8) is 0 Å². The molecule has 4 nitrogen and oxygen atoms in total. The lowest BCUT2D eigenvalue weighted by atomic mass is 9.85. The molecule has 0 aromatic carbocycles. The number of carbonyl (C=O) groups is 2. The minimum Gasteiger partial charge on any atom is -0.369 e. The molecule has 0 spiro atoms. The van der Waals surface area contributed by atoms with E-state index in [0.717, 1.165) is 19.3 Å². The Hall–Kier alpha value is -1.06. The monoisotopic (exact) mass is 184 g/mol. The summed E-state index contributed by atoms with van der Waals surface area (Å²) in [4.78, 5) is 21.7. The van der Waals surface area contributed by atoms with Crippen LogP contribution < -0.4 is 11.1 Å². The molecule has 0 saturated heterocycles. The van der Waals surface area contributed by atoms with Crippen molar-refractivity contribution in [3.05, 3.63) is 0 Å². The Morgan fingerprint density at radius 3 is 2.62 bits per heavy atom. The van der Waals surface area contributed by atoms with Crippen molar-refractivity contribution in [3.8, 4) is 0 Å². The number of hydrogen-bond donors (Lipinski definition) is 2. The predicted octanol–water partition coefficient (Wildman–Crippen LogP) is 0.167. The lowest BCUT2D eigenvalue weighted by Crippen LogP contribution is -2.40. The van der Waals surface area contributed by atoms with Crippen LogP contribution >= 0.6 is 0 Å². The van der Waals surface area contributed by atoms with E-state index in [0.29, 0.717) is 6.42 Å². The zero-order chi connectivity index (χ0) is 9.84. The molecule has 0 unspecified atom stereocenters. The molecule has 4 heteroatoms. The molecule has 3 N–H and O–H groups in total. The van der Waals surface area contributed by atoms with Gasteiger partial charge in [-0.2, -0.15) is 0 Å². The summed E-state index contributed by atoms with van der Waals surface area (Å²) < 4.78 is 0. The first-order chi connectivity index (χ1) is 6.09. The Morgan fingerprint density at radius 2 is 2.08 bits per heavy atom. The Balaban J connectivity index is 2.41. The Morgan fingerprint density at radius 1 is 1.38 bits per heavy atom. The van der Waals surface area contributed by atoms with Crippen LogP contribution in [-0.2, 0) is 9.59 Å². The van der Waals surface area contributed by atoms with Gasteiger partial charge in [0, 0.05) is 18.9 Å². The summed E-state index contributed by atoms with van der Waals surface area (Å²) in [6.07, 6.45) is 3.50. The van der Waals surface area contributed by atoms with E-state index in [1.165, 1.54) is 6.92 Å². The third-order valence-electron chi connectivity index (χ3n) is 2.48. The minimum atomic E-state index is -0.241. The van der Waals surface area contributed by atoms with E-state index in [-0.39, 0.29) is 23.8 Å². The Labute approximate surface area is 77.9 Å². The van der Waals surface area contributed by atoms with Crippen LogP contribution in [0, 0.1) is 5.92 Å². The van der Waals surface area contributed by atoms with E-state index in [4.69, 9.17) is 5.73 Å². The molecule has 0 bridgehead atoms. The fourth-order valence-electron chi connectivity index (χ4n) is 1.87. The van der Waals surface area contributed by atoms with Crippen LogP contribution in [0.2, 0.25) is 0 Å². The van der Waals surface area contributed by atoms with E-state index >= 15 is 0 Å². The summed E-state index contributed by atoms with van der Waals surface area (Å²) in [6.45, 7) is 1.49. The average molecular weight is 184 g/mol. The van der Waals surface area contributed by atoms with E-state index in [1.807, 2.05) is 0 Å². The van der Waals surface area contributed by atoms with Crippen molar-refractivity contribution >= 4 is 11.8 Å². The smallest absolute Gasteiger partial charge is 0.220 e. The van der Waals surface area contributed by atoms with Gasteiger partial charge in [0.05, 0.1) is 0 Å². The molecule has 2 amide bonds. The maximum Gasteiger partial charge on any atom is 0.220 e. The molecule has 0 aliphatic heterocycles. The molecule has 0 aromatic rings. The molecule has 13 heavy (non-hydrogen) atoms. The fourth-order valence-corrected chi connectivity index (χ4v) is 1.87. The zero-order valence-electron chi connectivity index (χ0n) is 7.88. The van der Waals surface area contributed by atoms with Crippen molar-refractivity contribution in [1.29, 1.82) is 0 Å². The van der Waals surface area contributed by atoms with Gasteiger partial charge in [0.1, 0.15) is 0 Å². The first-order valence-corrected chi connectivity index (χ1v) is 4.66. The van der Waals surface area contributed by atoms with Crippen LogP contribution in [-0.4, -0.2) is 17.9 Å². The van der Waals surface area contributed by atoms with E-state index in [9.17, 15) is 9.59 Å². The average Bonchev–Trinajstić information content (AvgIpc) is 2.03. The van der Waals surface area contributed by atoms with Gasteiger partial charge >= 0.3 is 0 Å². The molecule has 2 atom stereocenters. The normalized spacial score (nSPS) is 28.1. The highest BCUT2D eigenvalue weighted by atomic mass is 16.2. The molecule has 0 heterocycles. The van der Waals surface area contributed by atoms with Gasteiger partial charge in [-0.15, -0.1) is 0 Å². The molecule has 1 aliphatic rings. The lowest BCUT2D eigenvalue weighted by molar-refractivity contribution is -0.124. The number of rotatable bonds is 2. The number of primary amides is 1. The third kappa shape index (κ3) is 3.05. The largest absolute Gasteiger partial charge is 0.369 e. The Kier molecular flexibility index (Phi) is 3.28. The fraction of sp³-hybridized carbons (Fsp3) is 0.778. The summed E-state index contributed by atoms with van der Waals surface area (Å²) in [5.41, 5.74) is 5.21. The predicted molar refractivity (Wildman–Crippen MR) is 48.8 cm³/mol. The highest BCUT2D eigenvalue weighted by Gasteiger charge is 2.25. The van der Waals surface area contributed by atoms with Gasteiger partial charge in [0.15, 0.2) is 0 Å². The zero-order valence-corrected chi connectivity index (χ0v) is 7.88. The maximum atomic E-state index is 10.9. The van der Waals surface area contributed by atoms with E-state index < -0.39 is 0 Å². The summed E-state index contributed by atoms with van der Waals surface area (Å²) in [5, 5.41) is 2.82. The van der Waals surface area contributed by atoms with Crippen molar-refractivity contribution in [2.75, 3.05) is 0 Å². The molecule has 0 aromatic heterocycles. The maximum absolute atomic E-state index is 10.9. The number of amides is 2. The van der Waals surface area contributed by atoms with Gasteiger partial charge < -0.3 is 11.1 Å². The van der Waals surface area contributed by atoms with Crippen molar-refractivity contribution in [1.82, 2.24) is 5.32 Å². The van der Waals surface area contributed by atoms with Crippen LogP contribution in [0.25, 0.3) is 0 Å². The molecule has 1 rings (SSSR count). The second-order valence-electron chi connectivity index (χ2n) is 3.66. The summed E-state index contributed by atoms with van der Waals surface area (Å²) >= 11 is 0. The molecule has 0 radical (unpaired) electrons. The lowest BCUT2D eigenvalue weighted by Gasteiger charge is -2.27. The highest BCUT2D eigenvalue weighted by Crippen LogP contribution is 2.23. The first kappa shape index (κ1) is 10.0. The van der Waals surface area contributed by atoms with Crippen molar-refractivity contribution in [2.45, 2.75) is 38.6 Å². The first-order valence-electron chi connectivity index (χ1n) is 4.66. The molecular weight excluding hydrogens is 168 g/mol. The van der Waals surface area contributed by atoms with Gasteiger partial charge in [-0.1, -0.05) is 6.42 Å². The standard InChI is InChI=1S/C9H16N2O2/c1-6(12)11-8-4-2-3-7(5-8)9(10)13/h7-8H,2-5H2,1H3,(H2,10,13)(H,11,12)/t7-,8-/m0/s1. The highest BCUT2D eigenvalue weighted by molar-refractivity contribution is 5.77. The van der Waals surface area contributed by atoms with E-state index in [2.05, 4.69) is 5.32 Å². The summed E-state index contributed by atoms with van der Waals surface area (Å²) in [6, 6.07) is 0.142. The number of carbonyl (C=O) groups excluding carboxylic acids is 2. The van der Waals surface area contributed by atoms with E-state index in [1.54, 1.807) is 0 Å². The summed E-state index contributed by atoms with van der Waals surface area (Å²) in [7, 11) is 0. The van der Waals surface area contributed by atoms with Gasteiger partial charge in [0.2, 0.25) is 11.8 Å². The van der Waals surface area contributed by atoms with Crippen LogP contribution in [0.5, 0.6) is 0 Å². The molecular formula is C9H16N2O2. The molecule has 1 saturated carbocycles. The second-order valence-corrected chi connectivity index (χ2v) is 3.66. The topological polar surface area (TPSA) is 72.2 Å². The summed E-state index contributed by atoms with van der Waals surface area (Å²) in [5.74, 6) is -0.323. The van der Waals surface area contributed by atoms with Gasteiger partial charge in [-0.25, -0.2) is 0 Å². The van der Waals surface area contributed by atoms with Crippen LogP contribution in [0.1, 0.15) is 32.6 Å². The van der Waals surface area contributed by atoms with Crippen molar-refractivity contribution in [2.24, 2.45) is 11.7 Å². The van der Waals surface area contributed by atoms with Crippen LogP contribution in [0.4, 0.5) is 0 Å². The minimum absolute atomic E-state index is 0.0323. The second kappa shape index (κ2) is 4.25. The van der Waals surface area contributed by atoms with Crippen molar-refractivity contribution < 1.29 is 9.59 Å². The quantitative estimate of drug-likeness (QED) is 0.642. The van der Waals surface area contributed by atoms with Gasteiger partial charge in [-0.05, 0) is 19.3 Å². The molecule has 1 aliphatic carbocycles. The molecule has 74 valence electrons. The number of nitrogens with one attached hydrogen (secondary N) is 1. The van der Waals surface area contributed by atoms with Crippen LogP contribution in [0.3, 0.4) is 0 Å². The van der Waals surface area contributed by atoms with Gasteiger partial charge in [0.25, 0.3) is 0 Å². The van der Waals surface area contributed by atoms with Gasteiger partial charge in [-0.3, -0.25) is 9.59 Å². The Bertz CT molecular complexity index is 216. The number of hydrogen-bond acceptors (Lipinski definition) is 2. The SMILES string of the molecule is CC(=O)N[C@H]1CCC[C@H](C(N)=O)C1. The molecule has 1 fully saturated rings. The third-order valence-corrected chi connectivity index (χ3v) is 2.48. The van der Waals surface area contributed by atoms with Crippen LogP contribution in [0.15, 0.2) is 0 Å². The number of nitrogens with two attached hydrogens (primary N) is 1.